The molecular formula is C30H27N7O3S2. The molecule has 0 saturated heterocycles. The minimum Gasteiger partial charge on any atom is -0.325 e. The monoisotopic (exact) mass is 597 g/mol. The van der Waals surface area contributed by atoms with Crippen LogP contribution in [0.2, 0.25) is 0 Å². The zero-order valence-electron chi connectivity index (χ0n) is 22.8. The lowest BCUT2D eigenvalue weighted by molar-refractivity contribution is -0.115. The van der Waals surface area contributed by atoms with Crippen LogP contribution in [0, 0.1) is 6.92 Å². The minimum absolute atomic E-state index is 0.0124. The molecule has 5 rings (SSSR count). The van der Waals surface area contributed by atoms with E-state index < -0.39 is 15.3 Å². The van der Waals surface area contributed by atoms with Crippen molar-refractivity contribution in [2.45, 2.75) is 35.6 Å². The maximum Gasteiger partial charge on any atom is 0.264 e. The molecule has 12 heteroatoms. The standard InChI is InChI=1S/C30H27N7O3S2/c1-3-25(28(38)33-23-14-16-24(17-15-23)42(39,40)37-29-31-19-18-20(2)32-29)41-30-34-26(21-10-6-4-7-11-21)27(35-36-30)22-12-8-5-9-13-22/h4-19,25H,3H2,1-2H3,(H,33,38)(H,31,32,37). The molecule has 2 heterocycles. The predicted molar refractivity (Wildman–Crippen MR) is 163 cm³/mol. The molecular weight excluding hydrogens is 571 g/mol. The van der Waals surface area contributed by atoms with Crippen molar-refractivity contribution in [3.8, 4) is 22.5 Å². The fourth-order valence-electron chi connectivity index (χ4n) is 4.02. The zero-order chi connectivity index (χ0) is 29.5. The first kappa shape index (κ1) is 28.8. The van der Waals surface area contributed by atoms with Crippen molar-refractivity contribution >= 4 is 39.3 Å². The largest absolute Gasteiger partial charge is 0.325 e. The molecule has 0 spiro atoms. The van der Waals surface area contributed by atoms with Gasteiger partial charge >= 0.3 is 0 Å². The fourth-order valence-corrected chi connectivity index (χ4v) is 5.79. The molecule has 0 saturated carbocycles. The number of aromatic nitrogens is 5. The molecule has 1 unspecified atom stereocenters. The van der Waals surface area contributed by atoms with Gasteiger partial charge in [-0.3, -0.25) is 4.79 Å². The summed E-state index contributed by atoms with van der Waals surface area (Å²) in [6, 6.07) is 27.0. The average molecular weight is 598 g/mol. The molecule has 10 nitrogen and oxygen atoms in total. The third kappa shape index (κ3) is 6.96. The Morgan fingerprint density at radius 3 is 2.10 bits per heavy atom. The van der Waals surface area contributed by atoms with E-state index in [9.17, 15) is 13.2 Å². The van der Waals surface area contributed by atoms with Crippen molar-refractivity contribution in [3.63, 3.8) is 0 Å². The first-order valence-electron chi connectivity index (χ1n) is 13.1. The van der Waals surface area contributed by atoms with E-state index in [4.69, 9.17) is 4.98 Å². The van der Waals surface area contributed by atoms with Gasteiger partial charge in [0, 0.05) is 28.7 Å². The lowest BCUT2D eigenvalue weighted by Gasteiger charge is -2.15. The van der Waals surface area contributed by atoms with Crippen LogP contribution in [0.15, 0.2) is 107 Å². The molecule has 0 fully saturated rings. The maximum absolute atomic E-state index is 13.2. The highest BCUT2D eigenvalue weighted by Gasteiger charge is 2.22. The summed E-state index contributed by atoms with van der Waals surface area (Å²) in [5.41, 5.74) is 4.20. The number of hydrogen-bond donors (Lipinski definition) is 2. The van der Waals surface area contributed by atoms with Crippen LogP contribution in [0.25, 0.3) is 22.5 Å². The quantitative estimate of drug-likeness (QED) is 0.197. The number of nitrogens with zero attached hydrogens (tertiary/aromatic N) is 5. The van der Waals surface area contributed by atoms with E-state index in [0.29, 0.717) is 34.3 Å². The molecule has 2 aromatic heterocycles. The Hall–Kier alpha value is -4.68. The first-order chi connectivity index (χ1) is 20.3. The smallest absolute Gasteiger partial charge is 0.264 e. The molecule has 0 aliphatic heterocycles. The summed E-state index contributed by atoms with van der Waals surface area (Å²) in [6.45, 7) is 3.64. The Kier molecular flexibility index (Phi) is 8.84. The summed E-state index contributed by atoms with van der Waals surface area (Å²) in [6.07, 6.45) is 1.98. The van der Waals surface area contributed by atoms with E-state index in [1.165, 1.54) is 42.2 Å². The normalized spacial score (nSPS) is 12.0. The zero-order valence-corrected chi connectivity index (χ0v) is 24.4. The summed E-state index contributed by atoms with van der Waals surface area (Å²) < 4.78 is 27.9. The van der Waals surface area contributed by atoms with Crippen molar-refractivity contribution < 1.29 is 13.2 Å². The maximum atomic E-state index is 13.2. The molecule has 0 radical (unpaired) electrons. The molecule has 1 atom stereocenters. The second-order valence-corrected chi connectivity index (χ2v) is 12.0. The number of carbonyl (C=O) groups is 1. The number of sulfonamides is 1. The number of carbonyl (C=O) groups excluding carboxylic acids is 1. The van der Waals surface area contributed by atoms with Gasteiger partial charge in [-0.25, -0.2) is 28.1 Å². The number of rotatable bonds is 10. The van der Waals surface area contributed by atoms with Gasteiger partial charge in [0.1, 0.15) is 11.4 Å². The lowest BCUT2D eigenvalue weighted by atomic mass is 10.0. The van der Waals surface area contributed by atoms with Gasteiger partial charge in [0.25, 0.3) is 10.0 Å². The minimum atomic E-state index is -3.90. The SMILES string of the molecule is CCC(Sc1nnc(-c2ccccc2)c(-c2ccccc2)n1)C(=O)Nc1ccc(S(=O)(=O)Nc2nccc(C)n2)cc1. The van der Waals surface area contributed by atoms with Gasteiger partial charge in [0.15, 0.2) is 0 Å². The van der Waals surface area contributed by atoms with Crippen LogP contribution in [0.5, 0.6) is 0 Å². The molecule has 0 aliphatic rings. The molecule has 0 bridgehead atoms. The van der Waals surface area contributed by atoms with Gasteiger partial charge in [0.2, 0.25) is 17.0 Å². The van der Waals surface area contributed by atoms with Crippen molar-refractivity contribution in [1.82, 2.24) is 25.1 Å². The van der Waals surface area contributed by atoms with E-state index in [1.807, 2.05) is 67.6 Å². The van der Waals surface area contributed by atoms with Gasteiger partial charge in [-0.2, -0.15) is 0 Å². The second kappa shape index (κ2) is 12.9. The highest BCUT2D eigenvalue weighted by Crippen LogP contribution is 2.31. The number of nitrogens with one attached hydrogen (secondary N) is 2. The van der Waals surface area contributed by atoms with Crippen LogP contribution in [0.4, 0.5) is 11.6 Å². The third-order valence-corrected chi connectivity index (χ3v) is 8.69. The molecule has 42 heavy (non-hydrogen) atoms. The van der Waals surface area contributed by atoms with E-state index in [1.54, 1.807) is 13.0 Å². The summed E-state index contributed by atoms with van der Waals surface area (Å²) in [4.78, 5) is 26.0. The highest BCUT2D eigenvalue weighted by molar-refractivity contribution is 8.00. The van der Waals surface area contributed by atoms with E-state index in [0.717, 1.165) is 11.1 Å². The van der Waals surface area contributed by atoms with Crippen LogP contribution in [-0.4, -0.2) is 44.7 Å². The van der Waals surface area contributed by atoms with Gasteiger partial charge < -0.3 is 5.32 Å². The predicted octanol–water partition coefficient (Wildman–Crippen LogP) is 5.61. The Morgan fingerprint density at radius 1 is 0.833 bits per heavy atom. The van der Waals surface area contributed by atoms with Crippen molar-refractivity contribution in [1.29, 1.82) is 0 Å². The van der Waals surface area contributed by atoms with Crippen molar-refractivity contribution in [2.24, 2.45) is 0 Å². The Balaban J connectivity index is 1.31. The summed E-state index contributed by atoms with van der Waals surface area (Å²) in [5, 5.41) is 11.5. The average Bonchev–Trinajstić information content (AvgIpc) is 3.00. The number of aryl methyl sites for hydroxylation is 1. The Labute approximate surface area is 248 Å². The van der Waals surface area contributed by atoms with Crippen LogP contribution in [0.1, 0.15) is 19.0 Å². The Bertz CT molecular complexity index is 1790. The summed E-state index contributed by atoms with van der Waals surface area (Å²) >= 11 is 1.22. The van der Waals surface area contributed by atoms with Crippen molar-refractivity contribution in [3.05, 3.63) is 103 Å². The van der Waals surface area contributed by atoms with Gasteiger partial charge in [-0.05, 0) is 43.7 Å². The number of anilines is 2. The van der Waals surface area contributed by atoms with Crippen molar-refractivity contribution in [2.75, 3.05) is 10.0 Å². The van der Waals surface area contributed by atoms with Crippen LogP contribution in [-0.2, 0) is 14.8 Å². The summed E-state index contributed by atoms with van der Waals surface area (Å²) in [7, 11) is -3.90. The molecule has 3 aromatic carbocycles. The Morgan fingerprint density at radius 2 is 1.48 bits per heavy atom. The molecule has 212 valence electrons. The third-order valence-electron chi connectivity index (χ3n) is 6.13. The number of benzene rings is 3. The molecule has 0 aliphatic carbocycles. The molecule has 2 N–H and O–H groups in total. The number of amides is 1. The molecule has 5 aromatic rings. The molecule has 1 amide bonds. The van der Waals surface area contributed by atoms with Gasteiger partial charge in [0.05, 0.1) is 10.1 Å². The van der Waals surface area contributed by atoms with E-state index >= 15 is 0 Å². The second-order valence-electron chi connectivity index (χ2n) is 9.18. The van der Waals surface area contributed by atoms with Gasteiger partial charge in [-0.1, -0.05) is 79.3 Å². The summed E-state index contributed by atoms with van der Waals surface area (Å²) in [5.74, 6) is -0.277. The number of thioether (sulfide) groups is 1. The fraction of sp³-hybridized carbons (Fsp3) is 0.133. The highest BCUT2D eigenvalue weighted by atomic mass is 32.2. The topological polar surface area (TPSA) is 140 Å². The van der Waals surface area contributed by atoms with Gasteiger partial charge in [-0.15, -0.1) is 10.2 Å². The lowest BCUT2D eigenvalue weighted by Crippen LogP contribution is -2.25. The number of hydrogen-bond acceptors (Lipinski definition) is 9. The first-order valence-corrected chi connectivity index (χ1v) is 15.4. The van der Waals surface area contributed by atoms with E-state index in [2.05, 4.69) is 30.2 Å². The van der Waals surface area contributed by atoms with Crippen LogP contribution >= 0.6 is 11.8 Å². The van der Waals surface area contributed by atoms with Crippen LogP contribution < -0.4 is 10.0 Å². The van der Waals surface area contributed by atoms with Crippen LogP contribution in [0.3, 0.4) is 0 Å². The van der Waals surface area contributed by atoms with E-state index in [-0.39, 0.29) is 16.8 Å².